The molecular weight excluding hydrogens is 1240 g/mol. The summed E-state index contributed by atoms with van der Waals surface area (Å²) in [7, 11) is 0. The van der Waals surface area contributed by atoms with Crippen molar-refractivity contribution in [2.45, 2.75) is 116 Å². The van der Waals surface area contributed by atoms with Gasteiger partial charge in [-0.25, -0.2) is 18.4 Å². The van der Waals surface area contributed by atoms with Crippen LogP contribution in [0.25, 0.3) is 33.2 Å². The Labute approximate surface area is 569 Å². The van der Waals surface area contributed by atoms with Gasteiger partial charge in [-0.05, 0) is 196 Å². The lowest BCUT2D eigenvalue weighted by Gasteiger charge is -2.29. The van der Waals surface area contributed by atoms with Gasteiger partial charge in [-0.2, -0.15) is 0 Å². The number of carbonyl (C=O) groups is 4. The molecule has 20 heteroatoms. The SMILES string of the molecule is CCC(CC)NC(=O)Nc1ccc(Oc2ccc(NC(=O)c3ccc(-n4cc(CN5CCC(O)CC5)c5ccccc54)cc3)cc2)c(F)c1.CCC(CC)NC(=O)Nc1ccc(Oc2ccc(NC(=O)c3ccc(-n4cc(CN5CCC(O)CC5)c5ccccc54)cc3)cc2)cc1F. The average molecular weight is 1330 g/mol. The first-order valence-electron chi connectivity index (χ1n) is 33.7. The van der Waals surface area contributed by atoms with Crippen LogP contribution in [0.5, 0.6) is 23.0 Å². The zero-order chi connectivity index (χ0) is 68.7. The van der Waals surface area contributed by atoms with Crippen LogP contribution >= 0.6 is 0 Å². The number of nitrogens with zero attached hydrogens (tertiary/aromatic N) is 4. The van der Waals surface area contributed by atoms with Gasteiger partial charge >= 0.3 is 12.1 Å². The number of aliphatic hydroxyl groups is 2. The smallest absolute Gasteiger partial charge is 0.319 e. The second-order valence-electron chi connectivity index (χ2n) is 24.9. The molecule has 0 aliphatic carbocycles. The van der Waals surface area contributed by atoms with Crippen molar-refractivity contribution in [3.63, 3.8) is 0 Å². The highest BCUT2D eigenvalue weighted by Gasteiger charge is 2.23. The van der Waals surface area contributed by atoms with Gasteiger partial charge in [-0.1, -0.05) is 64.1 Å². The number of fused-ring (bicyclic) bond motifs is 2. The van der Waals surface area contributed by atoms with E-state index in [0.29, 0.717) is 39.7 Å². The lowest BCUT2D eigenvalue weighted by molar-refractivity contribution is 0.0792. The summed E-state index contributed by atoms with van der Waals surface area (Å²) < 4.78 is 45.3. The van der Waals surface area contributed by atoms with Crippen LogP contribution in [0.1, 0.15) is 111 Å². The van der Waals surface area contributed by atoms with E-state index in [2.05, 4.69) is 99.6 Å². The fourth-order valence-electron chi connectivity index (χ4n) is 12.2. The van der Waals surface area contributed by atoms with Crippen molar-refractivity contribution in [2.24, 2.45) is 0 Å². The molecule has 4 heterocycles. The molecule has 98 heavy (non-hydrogen) atoms. The lowest BCUT2D eigenvalue weighted by atomic mass is 10.1. The van der Waals surface area contributed by atoms with Crippen LogP contribution in [0, 0.1) is 11.6 Å². The fourth-order valence-corrected chi connectivity index (χ4v) is 12.2. The lowest BCUT2D eigenvalue weighted by Crippen LogP contribution is -2.37. The molecule has 2 saturated heterocycles. The Bertz CT molecular complexity index is 4350. The molecule has 2 fully saturated rings. The van der Waals surface area contributed by atoms with Crippen LogP contribution < -0.4 is 41.4 Å². The van der Waals surface area contributed by atoms with Gasteiger partial charge in [0.05, 0.1) is 28.9 Å². The van der Waals surface area contributed by atoms with Crippen molar-refractivity contribution >= 4 is 68.4 Å². The molecule has 0 spiro atoms. The van der Waals surface area contributed by atoms with E-state index in [1.165, 1.54) is 46.2 Å². The van der Waals surface area contributed by atoms with Gasteiger partial charge in [-0.15, -0.1) is 0 Å². The third kappa shape index (κ3) is 17.8. The molecule has 2 aromatic heterocycles. The summed E-state index contributed by atoms with van der Waals surface area (Å²) in [5, 5.41) is 38.9. The van der Waals surface area contributed by atoms with Gasteiger partial charge in [0.2, 0.25) is 0 Å². The summed E-state index contributed by atoms with van der Waals surface area (Å²) in [4.78, 5) is 55.3. The number of benzene rings is 8. The van der Waals surface area contributed by atoms with Crippen molar-refractivity contribution in [1.29, 1.82) is 0 Å². The molecule has 2 aliphatic heterocycles. The van der Waals surface area contributed by atoms with Crippen LogP contribution in [0.15, 0.2) is 194 Å². The summed E-state index contributed by atoms with van der Waals surface area (Å²) in [6, 6.07) is 52.8. The number of rotatable bonds is 22. The molecule has 8 aromatic carbocycles. The number of carbonyl (C=O) groups excluding carboxylic acids is 4. The van der Waals surface area contributed by atoms with Gasteiger partial charge < -0.3 is 60.7 Å². The van der Waals surface area contributed by atoms with Crippen molar-refractivity contribution in [1.82, 2.24) is 29.6 Å². The second-order valence-corrected chi connectivity index (χ2v) is 24.9. The van der Waals surface area contributed by atoms with Crippen LogP contribution in [0.4, 0.5) is 41.1 Å². The maximum Gasteiger partial charge on any atom is 0.319 e. The largest absolute Gasteiger partial charge is 0.457 e. The van der Waals surface area contributed by atoms with Crippen LogP contribution in [0.3, 0.4) is 0 Å². The molecule has 2 aliphatic rings. The highest BCUT2D eigenvalue weighted by molar-refractivity contribution is 6.05. The van der Waals surface area contributed by atoms with Crippen LogP contribution in [0.2, 0.25) is 0 Å². The van der Waals surface area contributed by atoms with E-state index in [1.807, 2.05) is 76.2 Å². The van der Waals surface area contributed by atoms with Gasteiger partial charge in [0, 0.05) is 126 Å². The molecule has 6 amide bonds. The number of hydrogen-bond acceptors (Lipinski definition) is 10. The van der Waals surface area contributed by atoms with Gasteiger partial charge in [0.25, 0.3) is 11.8 Å². The Morgan fingerprint density at radius 3 is 1.32 bits per heavy atom. The van der Waals surface area contributed by atoms with E-state index in [9.17, 15) is 38.2 Å². The number of piperidine rings is 2. The van der Waals surface area contributed by atoms with Crippen LogP contribution in [-0.4, -0.2) is 103 Å². The molecule has 508 valence electrons. The molecule has 10 aromatic rings. The molecule has 0 unspecified atom stereocenters. The Morgan fingerprint density at radius 2 is 0.878 bits per heavy atom. The Hall–Kier alpha value is -10.4. The summed E-state index contributed by atoms with van der Waals surface area (Å²) in [5.74, 6) is -0.595. The molecule has 18 nitrogen and oxygen atoms in total. The Balaban J connectivity index is 0.000000198. The molecule has 0 atom stereocenters. The molecule has 0 saturated carbocycles. The maximum atomic E-state index is 14.8. The minimum atomic E-state index is -0.618. The predicted octanol–water partition coefficient (Wildman–Crippen LogP) is 16.2. The van der Waals surface area contributed by atoms with Crippen LogP contribution in [-0.2, 0) is 13.1 Å². The number of likely N-dealkylation sites (tertiary alicyclic amines) is 2. The minimum Gasteiger partial charge on any atom is -0.457 e. The van der Waals surface area contributed by atoms with E-state index in [4.69, 9.17) is 9.47 Å². The number of nitrogens with one attached hydrogen (secondary N) is 6. The number of halogens is 2. The van der Waals surface area contributed by atoms with E-state index in [0.717, 1.165) is 113 Å². The molecule has 0 bridgehead atoms. The first-order chi connectivity index (χ1) is 47.6. The number of urea groups is 2. The fraction of sp³-hybridized carbons (Fsp3) is 0.282. The van der Waals surface area contributed by atoms with Crippen molar-refractivity contribution in [2.75, 3.05) is 47.4 Å². The first kappa shape index (κ1) is 69.0. The zero-order valence-electron chi connectivity index (χ0n) is 55.6. The second kappa shape index (κ2) is 32.6. The molecule has 12 rings (SSSR count). The standard InChI is InChI=1S/2C39H42FN5O4/c1-3-28(4-2)42-39(48)43-30-13-18-37(35(40)23-30)49-33-16-11-29(12-17-33)41-38(47)26-9-14-31(15-10-26)45-25-27(34-7-5-6-8-36(34)45)24-44-21-19-32(46)20-22-44;1-3-28(4-2)42-39(48)43-36-18-17-33(23-35(36)40)49-32-15-11-29(12-16-32)41-38(47)26-9-13-30(14-10-26)45-25-27(34-7-5-6-8-37(34)45)24-44-21-19-31(46)20-22-44/h5-18,23,25,28,32,46H,3-4,19-22,24H2,1-2H3,(H,41,47)(H2,42,43,48);5-18,23,25,28,31,46H,3-4,19-22,24H2,1-2H3,(H,41,47)(H2,42,43,48). The number of hydrogen-bond donors (Lipinski definition) is 8. The number of aliphatic hydroxyl groups excluding tert-OH is 2. The van der Waals surface area contributed by atoms with Gasteiger partial charge in [0.15, 0.2) is 11.6 Å². The monoisotopic (exact) mass is 1330 g/mol. The number of ether oxygens (including phenoxy) is 2. The molecule has 8 N–H and O–H groups in total. The van der Waals surface area contributed by atoms with Crippen molar-refractivity contribution in [3.8, 4) is 34.4 Å². The highest BCUT2D eigenvalue weighted by Crippen LogP contribution is 2.33. The zero-order valence-corrected chi connectivity index (χ0v) is 55.6. The summed E-state index contributed by atoms with van der Waals surface area (Å²) in [6.45, 7) is 13.1. The topological polar surface area (TPSA) is 216 Å². The number of anilines is 4. The van der Waals surface area contributed by atoms with E-state index >= 15 is 0 Å². The van der Waals surface area contributed by atoms with Crippen molar-refractivity contribution in [3.05, 3.63) is 228 Å². The normalized spacial score (nSPS) is 13.8. The maximum absolute atomic E-state index is 14.8. The number of para-hydroxylation sites is 2. The molecular formula is C78H84F2N10O8. The van der Waals surface area contributed by atoms with Crippen molar-refractivity contribution < 1.29 is 47.6 Å². The number of amides is 6. The molecule has 0 radical (unpaired) electrons. The highest BCUT2D eigenvalue weighted by atomic mass is 19.1. The van der Waals surface area contributed by atoms with E-state index in [-0.39, 0.29) is 59.3 Å². The Morgan fingerprint density at radius 1 is 0.459 bits per heavy atom. The predicted molar refractivity (Wildman–Crippen MR) is 382 cm³/mol. The van der Waals surface area contributed by atoms with Gasteiger partial charge in [-0.3, -0.25) is 19.4 Å². The van der Waals surface area contributed by atoms with E-state index < -0.39 is 17.7 Å². The average Bonchev–Trinajstić information content (AvgIpc) is 1.66. The Kier molecular flexibility index (Phi) is 22.9. The van der Waals surface area contributed by atoms with E-state index in [1.54, 1.807) is 72.8 Å². The van der Waals surface area contributed by atoms with Gasteiger partial charge in [0.1, 0.15) is 23.1 Å². The third-order valence-electron chi connectivity index (χ3n) is 18.0. The quantitative estimate of drug-likeness (QED) is 0.0321. The summed E-state index contributed by atoms with van der Waals surface area (Å²) in [5.41, 5.74) is 9.14. The summed E-state index contributed by atoms with van der Waals surface area (Å²) in [6.07, 6.45) is 10.3. The summed E-state index contributed by atoms with van der Waals surface area (Å²) >= 11 is 0. The first-order valence-corrected chi connectivity index (χ1v) is 33.7. The third-order valence-corrected chi connectivity index (χ3v) is 18.0. The number of aromatic nitrogens is 2. The minimum absolute atomic E-state index is 0.0109.